The van der Waals surface area contributed by atoms with Crippen LogP contribution in [0.4, 0.5) is 5.82 Å². The normalized spacial score (nSPS) is 20.9. The van der Waals surface area contributed by atoms with Gasteiger partial charge in [-0.2, -0.15) is 0 Å². The number of hydrogen-bond acceptors (Lipinski definition) is 3. The molecule has 2 aliphatic rings. The predicted molar refractivity (Wildman–Crippen MR) is 79.3 cm³/mol. The summed E-state index contributed by atoms with van der Waals surface area (Å²) in [5, 5.41) is 6.20. The van der Waals surface area contributed by atoms with Crippen LogP contribution in [0.1, 0.15) is 31.5 Å². The van der Waals surface area contributed by atoms with Crippen molar-refractivity contribution in [3.05, 3.63) is 12.0 Å². The summed E-state index contributed by atoms with van der Waals surface area (Å²) in [5.41, 5.74) is 0. The van der Waals surface area contributed by atoms with Crippen LogP contribution in [-0.2, 0) is 17.8 Å². The molecule has 3 rings (SSSR count). The van der Waals surface area contributed by atoms with Crippen LogP contribution in [-0.4, -0.2) is 28.0 Å². The van der Waals surface area contributed by atoms with Crippen molar-refractivity contribution >= 4 is 36.5 Å². The highest BCUT2D eigenvalue weighted by atomic mass is 35.5. The molecule has 2 N–H and O–H groups in total. The van der Waals surface area contributed by atoms with Gasteiger partial charge in [0.15, 0.2) is 0 Å². The number of aromatic nitrogens is 2. The van der Waals surface area contributed by atoms with Crippen LogP contribution >= 0.6 is 24.8 Å². The van der Waals surface area contributed by atoms with Gasteiger partial charge in [0.05, 0.1) is 12.2 Å². The number of carbonyl (C=O) groups is 1. The molecule has 0 unspecified atom stereocenters. The second kappa shape index (κ2) is 7.12. The molecule has 0 spiro atoms. The van der Waals surface area contributed by atoms with E-state index in [1.807, 2.05) is 0 Å². The first-order valence-electron chi connectivity index (χ1n) is 6.43. The van der Waals surface area contributed by atoms with Crippen molar-refractivity contribution in [3.8, 4) is 0 Å². The number of carbonyl (C=O) groups excluding carboxylic acids is 1. The Hall–Kier alpha value is -0.780. The zero-order valence-corrected chi connectivity index (χ0v) is 12.4. The molecule has 0 bridgehead atoms. The van der Waals surface area contributed by atoms with E-state index in [4.69, 9.17) is 0 Å². The lowest BCUT2D eigenvalue weighted by Gasteiger charge is -2.17. The number of hydrogen-bond donors (Lipinski definition) is 2. The first-order valence-corrected chi connectivity index (χ1v) is 6.43. The maximum atomic E-state index is 12.0. The highest BCUT2D eigenvalue weighted by Gasteiger charge is 2.23. The van der Waals surface area contributed by atoms with Crippen molar-refractivity contribution in [2.45, 2.75) is 44.7 Å². The van der Waals surface area contributed by atoms with Crippen LogP contribution in [0.5, 0.6) is 0 Å². The molecule has 1 fully saturated rings. The van der Waals surface area contributed by atoms with Crippen molar-refractivity contribution < 1.29 is 4.79 Å². The lowest BCUT2D eigenvalue weighted by Crippen LogP contribution is -2.36. The summed E-state index contributed by atoms with van der Waals surface area (Å²) < 4.78 is 2.14. The van der Waals surface area contributed by atoms with Gasteiger partial charge >= 0.3 is 0 Å². The average molecular weight is 307 g/mol. The summed E-state index contributed by atoms with van der Waals surface area (Å²) in [5.74, 6) is 2.04. The van der Waals surface area contributed by atoms with Crippen LogP contribution in [0.3, 0.4) is 0 Å². The lowest BCUT2D eigenvalue weighted by molar-refractivity contribution is -0.117. The Morgan fingerprint density at radius 2 is 2.21 bits per heavy atom. The third kappa shape index (κ3) is 3.41. The minimum absolute atomic E-state index is 0. The van der Waals surface area contributed by atoms with E-state index in [2.05, 4.69) is 20.2 Å². The van der Waals surface area contributed by atoms with E-state index in [9.17, 15) is 4.79 Å². The Bertz CT molecular complexity index is 429. The highest BCUT2D eigenvalue weighted by Crippen LogP contribution is 2.20. The van der Waals surface area contributed by atoms with Crippen LogP contribution in [0.2, 0.25) is 0 Å². The molecule has 1 saturated heterocycles. The molecule has 3 heterocycles. The van der Waals surface area contributed by atoms with Crippen molar-refractivity contribution in [2.24, 2.45) is 0 Å². The Labute approximate surface area is 125 Å². The van der Waals surface area contributed by atoms with E-state index >= 15 is 0 Å². The Kier molecular flexibility index (Phi) is 6.10. The SMILES string of the molecule is Cl.Cl.O=C(Nc1cnc2n1CCCC2)[C@H]1CCCN1. The summed E-state index contributed by atoms with van der Waals surface area (Å²) in [6, 6.07) is -0.0234. The fourth-order valence-corrected chi connectivity index (χ4v) is 2.64. The molecule has 5 nitrogen and oxygen atoms in total. The third-order valence-electron chi connectivity index (χ3n) is 3.60. The Balaban J connectivity index is 0.000000902. The fraction of sp³-hybridized carbons (Fsp3) is 0.667. The zero-order chi connectivity index (χ0) is 11.7. The molecule has 19 heavy (non-hydrogen) atoms. The minimum atomic E-state index is -0.0234. The molecule has 0 aliphatic carbocycles. The maximum absolute atomic E-state index is 12.0. The highest BCUT2D eigenvalue weighted by molar-refractivity contribution is 5.94. The van der Waals surface area contributed by atoms with Crippen LogP contribution < -0.4 is 10.6 Å². The summed E-state index contributed by atoms with van der Waals surface area (Å²) in [4.78, 5) is 16.3. The molecule has 7 heteroatoms. The summed E-state index contributed by atoms with van der Waals surface area (Å²) >= 11 is 0. The van der Waals surface area contributed by atoms with Gasteiger partial charge in [-0.3, -0.25) is 4.79 Å². The second-order valence-electron chi connectivity index (χ2n) is 4.81. The third-order valence-corrected chi connectivity index (χ3v) is 3.60. The molecule has 0 radical (unpaired) electrons. The monoisotopic (exact) mass is 306 g/mol. The number of halogens is 2. The van der Waals surface area contributed by atoms with Crippen molar-refractivity contribution in [2.75, 3.05) is 11.9 Å². The standard InChI is InChI=1S/C12H18N4O.2ClH/c17-12(9-4-3-6-13-9)15-11-8-14-10-5-1-2-7-16(10)11;;/h8-9,13H,1-7H2,(H,15,17);2*1H/t9-;;/m1../s1. The molecule has 1 atom stereocenters. The largest absolute Gasteiger partial charge is 0.315 e. The van der Waals surface area contributed by atoms with E-state index in [0.717, 1.165) is 44.0 Å². The van der Waals surface area contributed by atoms with E-state index in [0.29, 0.717) is 0 Å². The van der Waals surface area contributed by atoms with E-state index in [1.54, 1.807) is 6.20 Å². The van der Waals surface area contributed by atoms with Crippen molar-refractivity contribution in [1.29, 1.82) is 0 Å². The van der Waals surface area contributed by atoms with Crippen LogP contribution in [0, 0.1) is 0 Å². The zero-order valence-electron chi connectivity index (χ0n) is 10.7. The first-order chi connectivity index (χ1) is 8.34. The second-order valence-corrected chi connectivity index (χ2v) is 4.81. The maximum Gasteiger partial charge on any atom is 0.242 e. The van der Waals surface area contributed by atoms with Gasteiger partial charge < -0.3 is 15.2 Å². The number of amides is 1. The smallest absolute Gasteiger partial charge is 0.242 e. The number of aryl methyl sites for hydroxylation is 1. The van der Waals surface area contributed by atoms with Gasteiger partial charge in [-0.15, -0.1) is 24.8 Å². The first kappa shape index (κ1) is 16.3. The number of nitrogens with one attached hydrogen (secondary N) is 2. The molecular formula is C12H20Cl2N4O. The molecular weight excluding hydrogens is 287 g/mol. The summed E-state index contributed by atoms with van der Waals surface area (Å²) in [6.45, 7) is 1.92. The molecule has 108 valence electrons. The van der Waals surface area contributed by atoms with Crippen molar-refractivity contribution in [1.82, 2.24) is 14.9 Å². The molecule has 1 aromatic heterocycles. The molecule has 1 amide bonds. The summed E-state index contributed by atoms with van der Waals surface area (Å²) in [6.07, 6.45) is 7.21. The van der Waals surface area contributed by atoms with Gasteiger partial charge in [0.1, 0.15) is 11.6 Å². The van der Waals surface area contributed by atoms with Gasteiger partial charge in [0.25, 0.3) is 0 Å². The Morgan fingerprint density at radius 1 is 1.37 bits per heavy atom. The van der Waals surface area contributed by atoms with Crippen molar-refractivity contribution in [3.63, 3.8) is 0 Å². The molecule has 0 aromatic carbocycles. The molecule has 1 aromatic rings. The summed E-state index contributed by atoms with van der Waals surface area (Å²) in [7, 11) is 0. The van der Waals surface area contributed by atoms with Gasteiger partial charge in [0.2, 0.25) is 5.91 Å². The van der Waals surface area contributed by atoms with Gasteiger partial charge in [0, 0.05) is 13.0 Å². The average Bonchev–Trinajstić information content (AvgIpc) is 2.98. The van der Waals surface area contributed by atoms with E-state index in [1.165, 1.54) is 12.8 Å². The topological polar surface area (TPSA) is 59.0 Å². The Morgan fingerprint density at radius 3 is 2.95 bits per heavy atom. The number of fused-ring (bicyclic) bond motifs is 1. The number of anilines is 1. The quantitative estimate of drug-likeness (QED) is 0.875. The molecule has 0 saturated carbocycles. The minimum Gasteiger partial charge on any atom is -0.315 e. The van der Waals surface area contributed by atoms with E-state index < -0.39 is 0 Å². The van der Waals surface area contributed by atoms with E-state index in [-0.39, 0.29) is 36.8 Å². The van der Waals surface area contributed by atoms with Crippen LogP contribution in [0.15, 0.2) is 6.20 Å². The van der Waals surface area contributed by atoms with Crippen LogP contribution in [0.25, 0.3) is 0 Å². The van der Waals surface area contributed by atoms with Gasteiger partial charge in [-0.1, -0.05) is 0 Å². The molecule has 2 aliphatic heterocycles. The van der Waals surface area contributed by atoms with Gasteiger partial charge in [-0.05, 0) is 32.2 Å². The fourth-order valence-electron chi connectivity index (χ4n) is 2.64. The lowest BCUT2D eigenvalue weighted by atomic mass is 10.2. The number of rotatable bonds is 2. The van der Waals surface area contributed by atoms with Gasteiger partial charge in [-0.25, -0.2) is 4.98 Å². The predicted octanol–water partition coefficient (Wildman–Crippen LogP) is 1.75. The number of nitrogens with zero attached hydrogens (tertiary/aromatic N) is 2. The number of imidazole rings is 1.